The van der Waals surface area contributed by atoms with Gasteiger partial charge in [-0.25, -0.2) is 9.89 Å². The molecule has 1 aliphatic rings. The highest BCUT2D eigenvalue weighted by Gasteiger charge is 2.18. The van der Waals surface area contributed by atoms with Crippen LogP contribution in [0.1, 0.15) is 16.8 Å². The van der Waals surface area contributed by atoms with Crippen molar-refractivity contribution in [1.29, 1.82) is 0 Å². The first kappa shape index (κ1) is 12.4. The van der Waals surface area contributed by atoms with Gasteiger partial charge < -0.3 is 9.73 Å². The Hall–Kier alpha value is -2.08. The summed E-state index contributed by atoms with van der Waals surface area (Å²) in [4.78, 5) is 22.5. The van der Waals surface area contributed by atoms with Gasteiger partial charge in [0.25, 0.3) is 0 Å². The molecule has 0 atom stereocenters. The van der Waals surface area contributed by atoms with Crippen molar-refractivity contribution in [3.8, 4) is 11.5 Å². The maximum Gasteiger partial charge on any atom is 0.434 e. The molecule has 2 heterocycles. The lowest BCUT2D eigenvalue weighted by Crippen LogP contribution is -2.17. The summed E-state index contributed by atoms with van der Waals surface area (Å²) in [5, 5.41) is 9.06. The fourth-order valence-electron chi connectivity index (χ4n) is 1.87. The van der Waals surface area contributed by atoms with E-state index in [0.717, 1.165) is 5.69 Å². The Morgan fingerprint density at radius 3 is 2.83 bits per heavy atom. The van der Waals surface area contributed by atoms with Gasteiger partial charge in [-0.15, -0.1) is 17.5 Å². The standard InChI is InChI=1S/C11H9N3O3.ClH/c15-9-3-4-12-8-5-6(1-2-7(8)9)10-13-14-11(16)17-10;/h1-2,5,12H,3-4H2,(H,14,16);1H. The maximum absolute atomic E-state index is 11.6. The van der Waals surface area contributed by atoms with Gasteiger partial charge in [0.05, 0.1) is 0 Å². The number of aromatic nitrogens is 2. The third kappa shape index (κ3) is 2.02. The number of carbonyl (C=O) groups is 1. The van der Waals surface area contributed by atoms with Crippen LogP contribution in [0.3, 0.4) is 0 Å². The minimum atomic E-state index is -0.596. The number of hydrogen-bond acceptors (Lipinski definition) is 5. The molecule has 1 aromatic heterocycles. The average Bonchev–Trinajstić information content (AvgIpc) is 2.76. The largest absolute Gasteiger partial charge is 0.434 e. The molecule has 7 heteroatoms. The number of Topliss-reactive ketones (excluding diaryl/α,β-unsaturated/α-hetero) is 1. The molecule has 0 saturated heterocycles. The van der Waals surface area contributed by atoms with E-state index in [0.29, 0.717) is 24.1 Å². The number of hydrogen-bond donors (Lipinski definition) is 2. The SMILES string of the molecule is Cl.O=C1CCNc2cc(-c3n[nH]c(=O)o3)ccc21. The second-order valence-electron chi connectivity index (χ2n) is 3.78. The van der Waals surface area contributed by atoms with Crippen LogP contribution in [0.4, 0.5) is 5.69 Å². The van der Waals surface area contributed by atoms with Crippen LogP contribution >= 0.6 is 12.4 Å². The molecule has 3 rings (SSSR count). The van der Waals surface area contributed by atoms with Crippen LogP contribution < -0.4 is 11.1 Å². The van der Waals surface area contributed by atoms with Crippen molar-refractivity contribution in [2.45, 2.75) is 6.42 Å². The van der Waals surface area contributed by atoms with Gasteiger partial charge in [-0.05, 0) is 18.2 Å². The van der Waals surface area contributed by atoms with Gasteiger partial charge in [-0.2, -0.15) is 0 Å². The number of aromatic amines is 1. The molecule has 1 aliphatic heterocycles. The molecule has 6 nitrogen and oxygen atoms in total. The van der Waals surface area contributed by atoms with Crippen LogP contribution in [0.25, 0.3) is 11.5 Å². The summed E-state index contributed by atoms with van der Waals surface area (Å²) in [5.41, 5.74) is 2.08. The fourth-order valence-corrected chi connectivity index (χ4v) is 1.87. The van der Waals surface area contributed by atoms with Gasteiger partial charge in [-0.3, -0.25) is 4.79 Å². The zero-order chi connectivity index (χ0) is 11.8. The Morgan fingerprint density at radius 2 is 2.11 bits per heavy atom. The molecular formula is C11H10ClN3O3. The first-order valence-corrected chi connectivity index (χ1v) is 5.21. The quantitative estimate of drug-likeness (QED) is 0.816. The second-order valence-corrected chi connectivity index (χ2v) is 3.78. The summed E-state index contributed by atoms with van der Waals surface area (Å²) in [6.07, 6.45) is 0.504. The number of halogens is 1. The van der Waals surface area contributed by atoms with Crippen molar-refractivity contribution in [1.82, 2.24) is 10.2 Å². The van der Waals surface area contributed by atoms with Crippen molar-refractivity contribution in [3.63, 3.8) is 0 Å². The molecule has 2 N–H and O–H groups in total. The molecule has 18 heavy (non-hydrogen) atoms. The van der Waals surface area contributed by atoms with Crippen LogP contribution in [0.2, 0.25) is 0 Å². The molecule has 2 aromatic rings. The number of anilines is 1. The highest BCUT2D eigenvalue weighted by Crippen LogP contribution is 2.27. The summed E-state index contributed by atoms with van der Waals surface area (Å²) in [7, 11) is 0. The van der Waals surface area contributed by atoms with E-state index in [1.165, 1.54) is 0 Å². The molecule has 1 aromatic carbocycles. The van der Waals surface area contributed by atoms with Gasteiger partial charge in [0, 0.05) is 29.8 Å². The maximum atomic E-state index is 11.6. The molecule has 0 aliphatic carbocycles. The van der Waals surface area contributed by atoms with Gasteiger partial charge >= 0.3 is 5.76 Å². The number of nitrogens with one attached hydrogen (secondary N) is 2. The third-order valence-corrected chi connectivity index (χ3v) is 2.67. The molecule has 0 amide bonds. The van der Waals surface area contributed by atoms with Crippen molar-refractivity contribution >= 4 is 23.9 Å². The molecule has 94 valence electrons. The number of fused-ring (bicyclic) bond motifs is 1. The van der Waals surface area contributed by atoms with Crippen LogP contribution in [-0.4, -0.2) is 22.5 Å². The summed E-state index contributed by atoms with van der Waals surface area (Å²) in [6.45, 7) is 0.625. The van der Waals surface area contributed by atoms with Crippen molar-refractivity contribution in [3.05, 3.63) is 34.3 Å². The molecular weight excluding hydrogens is 258 g/mol. The molecule has 0 radical (unpaired) electrons. The lowest BCUT2D eigenvalue weighted by Gasteiger charge is -2.16. The molecule has 0 spiro atoms. The number of H-pyrrole nitrogens is 1. The lowest BCUT2D eigenvalue weighted by atomic mass is 10.00. The van der Waals surface area contributed by atoms with Crippen molar-refractivity contribution in [2.75, 3.05) is 11.9 Å². The zero-order valence-electron chi connectivity index (χ0n) is 9.23. The topological polar surface area (TPSA) is 88.0 Å². The summed E-state index contributed by atoms with van der Waals surface area (Å²) >= 11 is 0. The number of benzene rings is 1. The Bertz CT molecular complexity index is 647. The van der Waals surface area contributed by atoms with E-state index in [2.05, 4.69) is 15.5 Å². The van der Waals surface area contributed by atoms with E-state index in [4.69, 9.17) is 4.42 Å². The monoisotopic (exact) mass is 267 g/mol. The van der Waals surface area contributed by atoms with Gasteiger partial charge in [0.2, 0.25) is 5.89 Å². The number of rotatable bonds is 1. The molecule has 0 saturated carbocycles. The molecule has 0 fully saturated rings. The van der Waals surface area contributed by atoms with E-state index in [1.54, 1.807) is 18.2 Å². The van der Waals surface area contributed by atoms with E-state index in [1.807, 2.05) is 0 Å². The average molecular weight is 268 g/mol. The van der Waals surface area contributed by atoms with Gasteiger partial charge in [0.15, 0.2) is 5.78 Å². The number of nitrogens with zero attached hydrogens (tertiary/aromatic N) is 1. The predicted molar refractivity (Wildman–Crippen MR) is 67.2 cm³/mol. The van der Waals surface area contributed by atoms with E-state index in [9.17, 15) is 9.59 Å². The van der Waals surface area contributed by atoms with Crippen LogP contribution in [0, 0.1) is 0 Å². The predicted octanol–water partition coefficient (Wildman–Crippen LogP) is 1.45. The van der Waals surface area contributed by atoms with E-state index in [-0.39, 0.29) is 24.1 Å². The second kappa shape index (κ2) is 4.66. The highest BCUT2D eigenvalue weighted by molar-refractivity contribution is 6.03. The Morgan fingerprint density at radius 1 is 1.28 bits per heavy atom. The van der Waals surface area contributed by atoms with E-state index >= 15 is 0 Å². The van der Waals surface area contributed by atoms with E-state index < -0.39 is 5.76 Å². The van der Waals surface area contributed by atoms with Crippen molar-refractivity contribution < 1.29 is 9.21 Å². The first-order valence-electron chi connectivity index (χ1n) is 5.21. The normalized spacial score (nSPS) is 13.4. The van der Waals surface area contributed by atoms with Crippen molar-refractivity contribution in [2.24, 2.45) is 0 Å². The zero-order valence-corrected chi connectivity index (χ0v) is 10.0. The molecule has 0 unspecified atom stereocenters. The van der Waals surface area contributed by atoms with Crippen LogP contribution in [0.5, 0.6) is 0 Å². The Balaban J connectivity index is 0.00000120. The summed E-state index contributed by atoms with van der Waals surface area (Å²) < 4.78 is 4.85. The minimum Gasteiger partial charge on any atom is -0.388 e. The van der Waals surface area contributed by atoms with Crippen LogP contribution in [0.15, 0.2) is 27.4 Å². The summed E-state index contributed by atoms with van der Waals surface area (Å²) in [6, 6.07) is 5.18. The van der Waals surface area contributed by atoms with Gasteiger partial charge in [0.1, 0.15) is 0 Å². The highest BCUT2D eigenvalue weighted by atomic mass is 35.5. The smallest absolute Gasteiger partial charge is 0.388 e. The first-order chi connectivity index (χ1) is 8.24. The number of carbonyl (C=O) groups excluding carboxylic acids is 1. The lowest BCUT2D eigenvalue weighted by molar-refractivity contribution is 0.0984. The minimum absolute atomic E-state index is 0. The molecule has 0 bridgehead atoms. The van der Waals surface area contributed by atoms with Crippen LogP contribution in [-0.2, 0) is 0 Å². The third-order valence-electron chi connectivity index (χ3n) is 2.67. The van der Waals surface area contributed by atoms with Gasteiger partial charge in [-0.1, -0.05) is 0 Å². The Kier molecular flexibility index (Phi) is 3.20. The fraction of sp³-hybridized carbons (Fsp3) is 0.182. The summed E-state index contributed by atoms with van der Waals surface area (Å²) in [5.74, 6) is -0.256. The number of ketones is 1. The Labute approximate surface area is 108 Å².